The molecule has 0 spiro atoms. The van der Waals surface area contributed by atoms with Crippen LogP contribution in [0.15, 0.2) is 71.9 Å². The van der Waals surface area contributed by atoms with Crippen molar-refractivity contribution in [2.24, 2.45) is 11.8 Å². The van der Waals surface area contributed by atoms with E-state index in [1.54, 1.807) is 18.7 Å². The van der Waals surface area contributed by atoms with Crippen LogP contribution in [-0.4, -0.2) is 49.8 Å². The van der Waals surface area contributed by atoms with Gasteiger partial charge >= 0.3 is 0 Å². The van der Waals surface area contributed by atoms with Crippen molar-refractivity contribution < 1.29 is 51.0 Å². The molecule has 6 rings (SSSR count). The zero-order valence-corrected chi connectivity index (χ0v) is 26.5. The van der Waals surface area contributed by atoms with Crippen LogP contribution in [0, 0.1) is 11.8 Å². The van der Waals surface area contributed by atoms with E-state index in [9.17, 15) is 24.9 Å². The van der Waals surface area contributed by atoms with Gasteiger partial charge in [0.15, 0.2) is 12.7 Å². The molecule has 5 heterocycles. The number of nitrogens with zero attached hydrogens (tertiary/aromatic N) is 4. The molecule has 0 bridgehead atoms. The van der Waals surface area contributed by atoms with E-state index in [1.807, 2.05) is 65.1 Å². The molecule has 0 aliphatic carbocycles. The molecule has 9 nitrogen and oxygen atoms in total. The van der Waals surface area contributed by atoms with Crippen molar-refractivity contribution in [3.8, 4) is 0 Å². The monoisotopic (exact) mass is 670 g/mol. The van der Waals surface area contributed by atoms with Crippen LogP contribution in [0.4, 0.5) is 0 Å². The molecule has 220 valence electrons. The van der Waals surface area contributed by atoms with E-state index in [2.05, 4.69) is 22.8 Å². The van der Waals surface area contributed by atoms with Gasteiger partial charge in [0.05, 0.1) is 34.6 Å². The summed E-state index contributed by atoms with van der Waals surface area (Å²) in [6, 6.07) is 13.8. The van der Waals surface area contributed by atoms with E-state index in [-0.39, 0.29) is 47.2 Å². The van der Waals surface area contributed by atoms with E-state index in [1.165, 1.54) is 16.2 Å². The Morgan fingerprint density at radius 1 is 1.17 bits per heavy atom. The summed E-state index contributed by atoms with van der Waals surface area (Å²) in [4.78, 5) is 28.0. The fourth-order valence-corrected chi connectivity index (χ4v) is 8.47. The molecule has 1 saturated heterocycles. The third kappa shape index (κ3) is 4.98. The lowest BCUT2D eigenvalue weighted by Crippen LogP contribution is -3.00. The van der Waals surface area contributed by atoms with Gasteiger partial charge in [0.1, 0.15) is 19.3 Å². The zero-order chi connectivity index (χ0) is 29.0. The fraction of sp³-hybridized carbons (Fsp3) is 0.333. The molecule has 3 aromatic heterocycles. The first-order valence-electron chi connectivity index (χ1n) is 13.4. The van der Waals surface area contributed by atoms with Gasteiger partial charge in [0, 0.05) is 29.2 Å². The lowest BCUT2D eigenvalue weighted by Gasteiger charge is -2.47. The number of carboxylic acids is 1. The number of pyridine rings is 1. The highest BCUT2D eigenvalue weighted by Crippen LogP contribution is 2.51. The molecular weight excluding hydrogens is 640 g/mol. The predicted molar refractivity (Wildman–Crippen MR) is 151 cm³/mol. The van der Waals surface area contributed by atoms with Crippen LogP contribution in [0.2, 0.25) is 0 Å². The molecule has 12 heteroatoms. The molecule has 0 unspecified atom stereocenters. The summed E-state index contributed by atoms with van der Waals surface area (Å²) in [7, 11) is 0. The molecule has 0 saturated carbocycles. The number of amides is 1. The Labute approximate surface area is 262 Å². The highest BCUT2D eigenvalue weighted by atomic mass is 79.9. The van der Waals surface area contributed by atoms with Crippen LogP contribution in [0.3, 0.4) is 0 Å². The number of fused-ring (bicyclic) bond motifs is 2. The number of carbonyl (C=O) groups is 2. The number of carbonyl (C=O) groups excluding carboxylic acids is 2. The Morgan fingerprint density at radius 2 is 1.88 bits per heavy atom. The van der Waals surface area contributed by atoms with E-state index in [0.29, 0.717) is 18.7 Å². The number of hydrogen-bond acceptors (Lipinski definition) is 7. The molecule has 0 radical (unpaired) electrons. The number of imidazole rings is 1. The summed E-state index contributed by atoms with van der Waals surface area (Å²) in [5, 5.41) is 33.1. The van der Waals surface area contributed by atoms with Gasteiger partial charge in [0.2, 0.25) is 21.5 Å². The first-order chi connectivity index (χ1) is 19.7. The first kappa shape index (κ1) is 30.4. The summed E-state index contributed by atoms with van der Waals surface area (Å²) in [6.45, 7) is 4.78. The first-order valence-corrected chi connectivity index (χ1v) is 15.5. The van der Waals surface area contributed by atoms with Crippen LogP contribution in [0.25, 0.3) is 10.4 Å². The number of β-lactam (4-membered cyclic amide) rings is 1. The Morgan fingerprint density at radius 3 is 2.52 bits per heavy atom. The Balaban J connectivity index is 0.00000353. The number of thiazole rings is 1. The van der Waals surface area contributed by atoms with Crippen molar-refractivity contribution in [3.63, 3.8) is 0 Å². The maximum Gasteiger partial charge on any atom is 0.250 e. The minimum atomic E-state index is -1.37. The minimum absolute atomic E-state index is 0. The van der Waals surface area contributed by atoms with E-state index >= 15 is 0 Å². The Hall–Kier alpha value is -3.03. The van der Waals surface area contributed by atoms with Crippen molar-refractivity contribution in [1.29, 1.82) is 0 Å². The summed E-state index contributed by atoms with van der Waals surface area (Å²) < 4.78 is 6.23. The quantitative estimate of drug-likeness (QED) is 0.124. The number of aliphatic hydroxyl groups is 2. The van der Waals surface area contributed by atoms with Gasteiger partial charge < -0.3 is 42.0 Å². The number of hydrogen-bond donors (Lipinski definition) is 2. The molecule has 2 aliphatic heterocycles. The maximum atomic E-state index is 12.7. The van der Waals surface area contributed by atoms with E-state index < -0.39 is 18.0 Å². The van der Waals surface area contributed by atoms with Crippen LogP contribution < -0.4 is 31.2 Å². The van der Waals surface area contributed by atoms with Crippen molar-refractivity contribution in [3.05, 3.63) is 88.6 Å². The van der Waals surface area contributed by atoms with Crippen molar-refractivity contribution in [2.75, 3.05) is 6.26 Å². The van der Waals surface area contributed by atoms with Gasteiger partial charge in [-0.2, -0.15) is 8.97 Å². The average Bonchev–Trinajstić information content (AvgIpc) is 3.56. The van der Waals surface area contributed by atoms with Crippen molar-refractivity contribution in [1.82, 2.24) is 9.30 Å². The highest BCUT2D eigenvalue weighted by Gasteiger charge is 2.59. The van der Waals surface area contributed by atoms with Crippen LogP contribution >= 0.6 is 23.1 Å². The fourth-order valence-electron chi connectivity index (χ4n) is 6.29. The lowest BCUT2D eigenvalue weighted by molar-refractivity contribution is -0.721. The number of aromatic nitrogens is 3. The Kier molecular flexibility index (Phi) is 8.64. The second-order valence-corrected chi connectivity index (χ2v) is 12.5. The van der Waals surface area contributed by atoms with Crippen molar-refractivity contribution >= 4 is 45.4 Å². The van der Waals surface area contributed by atoms with Gasteiger partial charge in [-0.15, -0.1) is 0 Å². The van der Waals surface area contributed by atoms with Gasteiger partial charge in [0.25, 0.3) is 6.33 Å². The second-order valence-electron chi connectivity index (χ2n) is 10.7. The van der Waals surface area contributed by atoms with Gasteiger partial charge in [-0.3, -0.25) is 4.79 Å². The van der Waals surface area contributed by atoms with Crippen LogP contribution in [0.1, 0.15) is 35.5 Å². The summed E-state index contributed by atoms with van der Waals surface area (Å²) in [6.07, 6.45) is 7.08. The van der Waals surface area contributed by atoms with Gasteiger partial charge in [-0.1, -0.05) is 54.3 Å². The number of aliphatic carboxylic acids is 1. The Bertz CT molecular complexity index is 1710. The predicted octanol–water partition coefficient (Wildman–Crippen LogP) is -1.79. The number of aliphatic hydroxyl groups excluding tert-OH is 2. The lowest BCUT2D eigenvalue weighted by atomic mass is 9.77. The van der Waals surface area contributed by atoms with E-state index in [4.69, 9.17) is 0 Å². The topological polar surface area (TPSA) is 113 Å². The third-order valence-corrected chi connectivity index (χ3v) is 10.2. The largest absolute Gasteiger partial charge is 1.00 e. The molecule has 1 aromatic carbocycles. The molecule has 2 aliphatic rings. The molecule has 4 aromatic rings. The number of benzene rings is 1. The maximum absolute atomic E-state index is 12.7. The minimum Gasteiger partial charge on any atom is -1.00 e. The normalized spacial score (nSPS) is 20.5. The number of thioether (sulfide) groups is 1. The third-order valence-electron chi connectivity index (χ3n) is 8.12. The smallest absolute Gasteiger partial charge is 0.250 e. The summed E-state index contributed by atoms with van der Waals surface area (Å²) >= 11 is 3.12. The van der Waals surface area contributed by atoms with Crippen molar-refractivity contribution in [2.45, 2.75) is 50.7 Å². The highest BCUT2D eigenvalue weighted by molar-refractivity contribution is 7.98. The summed E-state index contributed by atoms with van der Waals surface area (Å²) in [5.74, 6) is -2.59. The summed E-state index contributed by atoms with van der Waals surface area (Å²) in [5.41, 5.74) is 3.64. The standard InChI is InChI=1S/C30H31N4O5S2.BrH/c1-17-23(26(30(38)39)34-25(17)24(18(2)36)27(34)37)22-14-33-16-32(28(40-3)29(33)41-22)13-20-8-6-7-19(11-20)12-31-10-5-4-9-21(31)15-35;/h4-11,14,16-18,24-25,35-36H,12-13,15H2,1-3H3;1H/q+1;/p-1/t17-,18+,24+,25+;/m0./s1. The van der Waals surface area contributed by atoms with Crippen LogP contribution in [-0.2, 0) is 29.3 Å². The second kappa shape index (κ2) is 11.9. The van der Waals surface area contributed by atoms with E-state index in [0.717, 1.165) is 31.6 Å². The number of carboxylic acid groups (broad SMARTS) is 1. The van der Waals surface area contributed by atoms with Crippen LogP contribution in [0.5, 0.6) is 0 Å². The molecule has 42 heavy (non-hydrogen) atoms. The number of halogens is 1. The number of rotatable bonds is 9. The molecule has 2 N–H and O–H groups in total. The molecule has 1 fully saturated rings. The van der Waals surface area contributed by atoms with Gasteiger partial charge in [-0.05, 0) is 24.8 Å². The SMILES string of the molecule is CSc1c2sc(C3=C(C(=O)[O-])N4C(=O)[C@H]([C@@H](C)O)[C@H]4[C@H]3C)cn2c[n+]1Cc1cccc(C[n+]2ccccc2CO)c1.[Br-]. The molecular formula is C30H31BrN4O5S2. The molecule has 4 atom stereocenters. The average molecular weight is 672 g/mol. The van der Waals surface area contributed by atoms with Gasteiger partial charge in [-0.25, -0.2) is 4.57 Å². The zero-order valence-electron chi connectivity index (χ0n) is 23.3. The molecule has 1 amide bonds.